The molecule has 132 valence electrons. The molecule has 1 saturated heterocycles. The van der Waals surface area contributed by atoms with Crippen LogP contribution in [0.5, 0.6) is 0 Å². The number of carbonyl (C=O) groups excluding carboxylic acids is 2. The van der Waals surface area contributed by atoms with Crippen LogP contribution in [0.25, 0.3) is 0 Å². The molecule has 5 aliphatic rings. The Morgan fingerprint density at radius 2 is 1.71 bits per heavy atom. The number of hydrogen-bond acceptors (Lipinski definition) is 3. The Morgan fingerprint density at radius 3 is 2.25 bits per heavy atom. The van der Waals surface area contributed by atoms with Crippen molar-refractivity contribution in [2.24, 2.45) is 28.9 Å². The van der Waals surface area contributed by atoms with Gasteiger partial charge >= 0.3 is 0 Å². The minimum Gasteiger partial charge on any atom is -0.367 e. The second kappa shape index (κ2) is 5.87. The fourth-order valence-electron chi connectivity index (χ4n) is 6.04. The highest BCUT2D eigenvalue weighted by molar-refractivity contribution is 5.89. The minimum atomic E-state index is -0.670. The van der Waals surface area contributed by atoms with Crippen molar-refractivity contribution in [2.45, 2.75) is 51.6 Å². The topological polar surface area (TPSA) is 72.6 Å². The Labute approximate surface area is 143 Å². The molecule has 2 amide bonds. The summed E-state index contributed by atoms with van der Waals surface area (Å²) in [5.41, 5.74) is 6.84. The van der Waals surface area contributed by atoms with Crippen molar-refractivity contribution >= 4 is 11.8 Å². The molecular weight excluding hydrogens is 304 g/mol. The van der Waals surface area contributed by atoms with E-state index in [0.717, 1.165) is 17.8 Å². The lowest BCUT2D eigenvalue weighted by molar-refractivity contribution is -0.142. The second-order valence-electron chi connectivity index (χ2n) is 8.57. The predicted octanol–water partition coefficient (Wildman–Crippen LogP) is 1.86. The molecule has 5 nitrogen and oxygen atoms in total. The number of rotatable bonds is 3. The number of nitrogens with zero attached hydrogens (tertiary/aromatic N) is 1. The molecule has 0 aromatic heterocycles. The fourth-order valence-corrected chi connectivity index (χ4v) is 6.04. The minimum absolute atomic E-state index is 0.0118. The van der Waals surface area contributed by atoms with Gasteiger partial charge < -0.3 is 15.4 Å². The van der Waals surface area contributed by atoms with E-state index in [1.165, 1.54) is 44.1 Å². The molecule has 0 unspecified atom stereocenters. The average Bonchev–Trinajstić information content (AvgIpc) is 2.53. The van der Waals surface area contributed by atoms with Crippen molar-refractivity contribution in [3.05, 3.63) is 11.6 Å². The van der Waals surface area contributed by atoms with Crippen LogP contribution in [-0.4, -0.2) is 42.5 Å². The maximum absolute atomic E-state index is 12.7. The molecule has 4 saturated carbocycles. The van der Waals surface area contributed by atoms with E-state index >= 15 is 0 Å². The van der Waals surface area contributed by atoms with E-state index in [1.54, 1.807) is 4.90 Å². The molecule has 4 bridgehead atoms. The van der Waals surface area contributed by atoms with Crippen molar-refractivity contribution in [1.29, 1.82) is 0 Å². The normalized spacial score (nSPS) is 41.5. The lowest BCUT2D eigenvalue weighted by atomic mass is 9.48. The molecule has 5 rings (SSSR count). The lowest BCUT2D eigenvalue weighted by Crippen LogP contribution is -2.50. The number of morpholine rings is 1. The molecular formula is C19H28N2O3. The third-order valence-corrected chi connectivity index (χ3v) is 6.91. The van der Waals surface area contributed by atoms with Crippen LogP contribution in [0.3, 0.4) is 0 Å². The Hall–Kier alpha value is -1.36. The van der Waals surface area contributed by atoms with Gasteiger partial charge in [0.25, 0.3) is 0 Å². The summed E-state index contributed by atoms with van der Waals surface area (Å²) in [6.07, 6.45) is 9.19. The van der Waals surface area contributed by atoms with E-state index in [9.17, 15) is 9.59 Å². The summed E-state index contributed by atoms with van der Waals surface area (Å²) in [6, 6.07) is 0. The first-order valence-corrected chi connectivity index (χ1v) is 9.34. The SMILES string of the molecule is C/C(=C/C(=O)N1CCO[C@H](C(N)=O)C1)C12CC3CC(CC(C3)C1)C2. The van der Waals surface area contributed by atoms with Crippen molar-refractivity contribution in [3.8, 4) is 0 Å². The molecule has 4 aliphatic carbocycles. The summed E-state index contributed by atoms with van der Waals surface area (Å²) < 4.78 is 5.34. The molecule has 5 heteroatoms. The van der Waals surface area contributed by atoms with E-state index in [-0.39, 0.29) is 17.9 Å². The van der Waals surface area contributed by atoms with Crippen molar-refractivity contribution in [3.63, 3.8) is 0 Å². The fraction of sp³-hybridized carbons (Fsp3) is 0.789. The zero-order valence-electron chi connectivity index (χ0n) is 14.5. The average molecular weight is 332 g/mol. The Kier molecular flexibility index (Phi) is 3.94. The Bertz CT molecular complexity index is 548. The quantitative estimate of drug-likeness (QED) is 0.802. The summed E-state index contributed by atoms with van der Waals surface area (Å²) in [4.78, 5) is 25.7. The van der Waals surface area contributed by atoms with E-state index in [4.69, 9.17) is 10.5 Å². The number of amides is 2. The van der Waals surface area contributed by atoms with Gasteiger partial charge in [0.2, 0.25) is 11.8 Å². The van der Waals surface area contributed by atoms with Crippen molar-refractivity contribution < 1.29 is 14.3 Å². The maximum atomic E-state index is 12.7. The number of ether oxygens (including phenoxy) is 1. The molecule has 2 N–H and O–H groups in total. The molecule has 1 atom stereocenters. The molecule has 5 fully saturated rings. The van der Waals surface area contributed by atoms with Crippen LogP contribution in [0, 0.1) is 23.2 Å². The molecule has 24 heavy (non-hydrogen) atoms. The summed E-state index contributed by atoms with van der Waals surface area (Å²) in [5, 5.41) is 0. The highest BCUT2D eigenvalue weighted by atomic mass is 16.5. The monoisotopic (exact) mass is 332 g/mol. The molecule has 1 heterocycles. The third kappa shape index (κ3) is 2.77. The van der Waals surface area contributed by atoms with Crippen LogP contribution in [0.1, 0.15) is 45.4 Å². The molecule has 0 radical (unpaired) electrons. The van der Waals surface area contributed by atoms with Gasteiger partial charge in [0, 0.05) is 12.6 Å². The van der Waals surface area contributed by atoms with Crippen LogP contribution < -0.4 is 5.73 Å². The lowest BCUT2D eigenvalue weighted by Gasteiger charge is -2.57. The third-order valence-electron chi connectivity index (χ3n) is 6.91. The Balaban J connectivity index is 1.48. The molecule has 0 spiro atoms. The highest BCUT2D eigenvalue weighted by Gasteiger charge is 2.51. The van der Waals surface area contributed by atoms with Gasteiger partial charge in [-0.05, 0) is 68.6 Å². The van der Waals surface area contributed by atoms with Crippen molar-refractivity contribution in [2.75, 3.05) is 19.7 Å². The zero-order chi connectivity index (χ0) is 16.9. The number of carbonyl (C=O) groups is 2. The zero-order valence-corrected chi connectivity index (χ0v) is 14.5. The van der Waals surface area contributed by atoms with E-state index in [2.05, 4.69) is 6.92 Å². The number of nitrogens with two attached hydrogens (primary N) is 1. The van der Waals surface area contributed by atoms with Crippen LogP contribution in [0.2, 0.25) is 0 Å². The summed E-state index contributed by atoms with van der Waals surface area (Å²) in [7, 11) is 0. The first-order chi connectivity index (χ1) is 11.4. The van der Waals surface area contributed by atoms with Crippen molar-refractivity contribution in [1.82, 2.24) is 4.90 Å². The molecule has 0 aromatic carbocycles. The number of primary amides is 1. The largest absolute Gasteiger partial charge is 0.367 e. The van der Waals surface area contributed by atoms with Gasteiger partial charge in [-0.25, -0.2) is 0 Å². The van der Waals surface area contributed by atoms with Crippen LogP contribution in [0.15, 0.2) is 11.6 Å². The highest BCUT2D eigenvalue weighted by Crippen LogP contribution is 2.62. The summed E-state index contributed by atoms with van der Waals surface area (Å²) in [6.45, 7) is 3.34. The first kappa shape index (κ1) is 16.1. The van der Waals surface area contributed by atoms with Gasteiger partial charge in [0.05, 0.1) is 13.2 Å². The standard InChI is InChI=1S/C19H28N2O3/c1-12(4-17(22)21-2-3-24-16(11-21)18(20)23)19-8-13-5-14(9-19)7-15(6-13)10-19/h4,13-16H,2-3,5-11H2,1H3,(H2,20,23)/b12-4-/t13?,14?,15?,16-,19?/m0/s1. The van der Waals surface area contributed by atoms with Gasteiger partial charge in [0.15, 0.2) is 6.10 Å². The summed E-state index contributed by atoms with van der Waals surface area (Å²) in [5.74, 6) is 2.14. The Morgan fingerprint density at radius 1 is 1.12 bits per heavy atom. The second-order valence-corrected chi connectivity index (χ2v) is 8.57. The van der Waals surface area contributed by atoms with Gasteiger partial charge in [-0.3, -0.25) is 9.59 Å². The van der Waals surface area contributed by atoms with Crippen LogP contribution in [0.4, 0.5) is 0 Å². The van der Waals surface area contributed by atoms with Gasteiger partial charge in [-0.1, -0.05) is 5.57 Å². The van der Waals surface area contributed by atoms with E-state index in [0.29, 0.717) is 13.2 Å². The predicted molar refractivity (Wildman–Crippen MR) is 89.9 cm³/mol. The smallest absolute Gasteiger partial charge is 0.248 e. The number of hydrogen-bond donors (Lipinski definition) is 1. The van der Waals surface area contributed by atoms with Crippen LogP contribution in [-0.2, 0) is 14.3 Å². The van der Waals surface area contributed by atoms with E-state index < -0.39 is 12.0 Å². The summed E-state index contributed by atoms with van der Waals surface area (Å²) >= 11 is 0. The van der Waals surface area contributed by atoms with Gasteiger partial charge in [-0.2, -0.15) is 0 Å². The number of allylic oxidation sites excluding steroid dienone is 1. The molecule has 0 aromatic rings. The molecule has 1 aliphatic heterocycles. The van der Waals surface area contributed by atoms with E-state index in [1.807, 2.05) is 6.08 Å². The van der Waals surface area contributed by atoms with Gasteiger partial charge in [0.1, 0.15) is 0 Å². The van der Waals surface area contributed by atoms with Crippen LogP contribution >= 0.6 is 0 Å². The van der Waals surface area contributed by atoms with Gasteiger partial charge in [-0.15, -0.1) is 0 Å². The maximum Gasteiger partial charge on any atom is 0.248 e. The first-order valence-electron chi connectivity index (χ1n) is 9.34.